The minimum atomic E-state index is 0.186. The summed E-state index contributed by atoms with van der Waals surface area (Å²) in [5, 5.41) is 0. The Morgan fingerprint density at radius 2 is 1.83 bits per heavy atom. The van der Waals surface area contributed by atoms with E-state index in [1.54, 1.807) is 6.04 Å². The Hall–Kier alpha value is -0.303. The molecular formula is C11H20Si. The molecule has 0 fully saturated rings. The Morgan fingerprint density at radius 3 is 2.50 bits per heavy atom. The zero-order chi connectivity index (χ0) is 8.65. The molecule has 1 heteroatoms. The predicted octanol–water partition coefficient (Wildman–Crippen LogP) is 3.07. The molecule has 0 heterocycles. The first-order valence-electron chi connectivity index (χ1n) is 5.28. The van der Waals surface area contributed by atoms with E-state index in [4.69, 9.17) is 0 Å². The fourth-order valence-corrected chi connectivity index (χ4v) is 3.47. The van der Waals surface area contributed by atoms with Crippen molar-refractivity contribution >= 4 is 9.52 Å². The van der Waals surface area contributed by atoms with Crippen LogP contribution in [0.2, 0.25) is 11.6 Å². The first-order valence-corrected chi connectivity index (χ1v) is 7.10. The van der Waals surface area contributed by atoms with Gasteiger partial charge in [0.1, 0.15) is 0 Å². The Balaban J connectivity index is 1.89. The van der Waals surface area contributed by atoms with Crippen LogP contribution in [0.4, 0.5) is 0 Å². The van der Waals surface area contributed by atoms with Crippen LogP contribution in [-0.4, -0.2) is 9.52 Å². The highest BCUT2D eigenvalue weighted by Crippen LogP contribution is 2.16. The number of allylic oxidation sites excluding steroid dienone is 4. The second-order valence-electron chi connectivity index (χ2n) is 3.64. The van der Waals surface area contributed by atoms with Crippen molar-refractivity contribution in [1.29, 1.82) is 0 Å². The van der Waals surface area contributed by atoms with E-state index < -0.39 is 0 Å². The third kappa shape index (κ3) is 3.91. The van der Waals surface area contributed by atoms with Crippen LogP contribution in [-0.2, 0) is 0 Å². The molecule has 12 heavy (non-hydrogen) atoms. The average molecular weight is 180 g/mol. The molecule has 0 aliphatic heterocycles. The normalized spacial score (nSPS) is 17.1. The summed E-state index contributed by atoms with van der Waals surface area (Å²) in [6, 6.07) is 1.54. The van der Waals surface area contributed by atoms with Gasteiger partial charge in [-0.05, 0) is 5.54 Å². The summed E-state index contributed by atoms with van der Waals surface area (Å²) in [6.07, 6.45) is 14.9. The smallest absolute Gasteiger partial charge is 0.0327 e. The molecule has 68 valence electrons. The van der Waals surface area contributed by atoms with Gasteiger partial charge in [-0.15, -0.1) is 0 Å². The minimum Gasteiger partial charge on any atom is -0.0810 e. The molecule has 0 bridgehead atoms. The van der Waals surface area contributed by atoms with Gasteiger partial charge in [-0.25, -0.2) is 0 Å². The van der Waals surface area contributed by atoms with E-state index in [0.29, 0.717) is 0 Å². The van der Waals surface area contributed by atoms with Gasteiger partial charge >= 0.3 is 0 Å². The quantitative estimate of drug-likeness (QED) is 0.435. The summed E-state index contributed by atoms with van der Waals surface area (Å²) >= 11 is 0. The summed E-state index contributed by atoms with van der Waals surface area (Å²) in [5.74, 6) is 0. The second kappa shape index (κ2) is 6.24. The SMILES string of the molecule is CCCCCC[SiH2]C1C=CC=C1. The maximum atomic E-state index is 2.37. The van der Waals surface area contributed by atoms with Gasteiger partial charge in [0.2, 0.25) is 0 Å². The predicted molar refractivity (Wildman–Crippen MR) is 59.5 cm³/mol. The van der Waals surface area contributed by atoms with E-state index in [1.807, 2.05) is 0 Å². The van der Waals surface area contributed by atoms with Gasteiger partial charge in [-0.1, -0.05) is 63.0 Å². The van der Waals surface area contributed by atoms with Crippen LogP contribution in [0.1, 0.15) is 32.6 Å². The number of hydrogen-bond acceptors (Lipinski definition) is 0. The lowest BCUT2D eigenvalue weighted by molar-refractivity contribution is 0.699. The Kier molecular flexibility index (Phi) is 5.09. The van der Waals surface area contributed by atoms with Gasteiger partial charge < -0.3 is 0 Å². The van der Waals surface area contributed by atoms with Crippen molar-refractivity contribution in [2.45, 2.75) is 44.2 Å². The number of hydrogen-bond donors (Lipinski definition) is 0. The highest BCUT2D eigenvalue weighted by atomic mass is 28.2. The van der Waals surface area contributed by atoms with E-state index in [0.717, 1.165) is 5.54 Å². The Morgan fingerprint density at radius 1 is 1.08 bits per heavy atom. The highest BCUT2D eigenvalue weighted by molar-refractivity contribution is 6.39. The molecule has 1 aliphatic carbocycles. The number of unbranched alkanes of at least 4 members (excludes halogenated alkanes) is 3. The lowest BCUT2D eigenvalue weighted by Crippen LogP contribution is -1.95. The van der Waals surface area contributed by atoms with Gasteiger partial charge in [0.25, 0.3) is 0 Å². The van der Waals surface area contributed by atoms with E-state index in [9.17, 15) is 0 Å². The summed E-state index contributed by atoms with van der Waals surface area (Å²) in [5.41, 5.74) is 0.895. The molecule has 0 amide bonds. The highest BCUT2D eigenvalue weighted by Gasteiger charge is 2.02. The van der Waals surface area contributed by atoms with Crippen LogP contribution in [0.5, 0.6) is 0 Å². The number of rotatable bonds is 6. The molecular weight excluding hydrogens is 160 g/mol. The zero-order valence-corrected chi connectivity index (χ0v) is 9.54. The molecule has 0 N–H and O–H groups in total. The van der Waals surface area contributed by atoms with Crippen molar-refractivity contribution in [3.8, 4) is 0 Å². The first-order chi connectivity index (χ1) is 5.93. The average Bonchev–Trinajstić information content (AvgIpc) is 2.57. The van der Waals surface area contributed by atoms with Crippen molar-refractivity contribution in [2.24, 2.45) is 0 Å². The molecule has 0 radical (unpaired) electrons. The monoisotopic (exact) mass is 180 g/mol. The molecule has 0 spiro atoms. The van der Waals surface area contributed by atoms with Crippen LogP contribution in [0.3, 0.4) is 0 Å². The van der Waals surface area contributed by atoms with Crippen LogP contribution in [0, 0.1) is 0 Å². The maximum absolute atomic E-state index is 2.37. The second-order valence-corrected chi connectivity index (χ2v) is 5.86. The van der Waals surface area contributed by atoms with Crippen molar-refractivity contribution in [3.63, 3.8) is 0 Å². The van der Waals surface area contributed by atoms with Gasteiger partial charge in [0.05, 0.1) is 0 Å². The van der Waals surface area contributed by atoms with E-state index >= 15 is 0 Å². The molecule has 0 unspecified atom stereocenters. The Bertz CT molecular complexity index is 146. The molecule has 0 saturated heterocycles. The van der Waals surface area contributed by atoms with Gasteiger partial charge in [-0.2, -0.15) is 0 Å². The topological polar surface area (TPSA) is 0 Å². The fourth-order valence-electron chi connectivity index (χ4n) is 1.65. The first kappa shape index (κ1) is 9.78. The van der Waals surface area contributed by atoms with Crippen LogP contribution in [0.15, 0.2) is 24.3 Å². The minimum absolute atomic E-state index is 0.186. The Labute approximate surface area is 78.6 Å². The third-order valence-electron chi connectivity index (χ3n) is 2.47. The molecule has 0 aromatic heterocycles. The van der Waals surface area contributed by atoms with Gasteiger partial charge in [-0.3, -0.25) is 0 Å². The van der Waals surface area contributed by atoms with Crippen molar-refractivity contribution in [1.82, 2.24) is 0 Å². The van der Waals surface area contributed by atoms with E-state index in [-0.39, 0.29) is 9.52 Å². The van der Waals surface area contributed by atoms with Gasteiger partial charge in [0, 0.05) is 9.52 Å². The van der Waals surface area contributed by atoms with Crippen molar-refractivity contribution in [2.75, 3.05) is 0 Å². The summed E-state index contributed by atoms with van der Waals surface area (Å²) in [4.78, 5) is 0. The summed E-state index contributed by atoms with van der Waals surface area (Å²) in [7, 11) is 0.186. The van der Waals surface area contributed by atoms with Crippen molar-refractivity contribution in [3.05, 3.63) is 24.3 Å². The van der Waals surface area contributed by atoms with Crippen LogP contribution >= 0.6 is 0 Å². The molecule has 0 saturated carbocycles. The molecule has 0 aromatic carbocycles. The van der Waals surface area contributed by atoms with Crippen molar-refractivity contribution < 1.29 is 0 Å². The van der Waals surface area contributed by atoms with E-state index in [2.05, 4.69) is 31.2 Å². The molecule has 1 rings (SSSR count). The van der Waals surface area contributed by atoms with Gasteiger partial charge in [0.15, 0.2) is 0 Å². The largest absolute Gasteiger partial charge is 0.0810 e. The van der Waals surface area contributed by atoms with Crippen LogP contribution < -0.4 is 0 Å². The van der Waals surface area contributed by atoms with E-state index in [1.165, 1.54) is 25.7 Å². The molecule has 1 aliphatic rings. The lowest BCUT2D eigenvalue weighted by atomic mass is 10.2. The van der Waals surface area contributed by atoms with Crippen LogP contribution in [0.25, 0.3) is 0 Å². The summed E-state index contributed by atoms with van der Waals surface area (Å²) in [6.45, 7) is 2.28. The molecule has 0 aromatic rings. The lowest BCUT2D eigenvalue weighted by Gasteiger charge is -2.02. The zero-order valence-electron chi connectivity index (χ0n) is 8.13. The molecule has 0 atom stereocenters. The summed E-state index contributed by atoms with van der Waals surface area (Å²) < 4.78 is 0. The standard InChI is InChI=1S/C11H20Si/c1-2-3-4-7-10-12-11-8-5-6-9-11/h5-6,8-9,11H,2-4,7,10,12H2,1H3. The maximum Gasteiger partial charge on any atom is 0.0327 e. The fraction of sp³-hybridized carbons (Fsp3) is 0.636. The third-order valence-corrected chi connectivity index (χ3v) is 4.59. The molecule has 0 nitrogen and oxygen atoms in total.